The maximum absolute atomic E-state index is 10.3. The second kappa shape index (κ2) is 7.44. The number of rotatable bonds is 1. The highest BCUT2D eigenvalue weighted by molar-refractivity contribution is 5.87. The fraction of sp³-hybridized carbons (Fsp3) is 0. The molecule has 2 aliphatic rings. The van der Waals surface area contributed by atoms with Gasteiger partial charge in [-0.05, 0) is 24.3 Å². The van der Waals surface area contributed by atoms with Crippen LogP contribution in [0.1, 0.15) is 0 Å². The summed E-state index contributed by atoms with van der Waals surface area (Å²) in [5.41, 5.74) is 12.8. The number of hydrogen-bond donors (Lipinski definition) is 4. The molecule has 112 valence electrons. The van der Waals surface area contributed by atoms with Crippen LogP contribution in [0.4, 0.5) is 10.5 Å². The zero-order valence-electron chi connectivity index (χ0n) is 11.7. The molecular weight excluding hydrogens is 280 g/mol. The monoisotopic (exact) mass is 296 g/mol. The van der Waals surface area contributed by atoms with Gasteiger partial charge in [-0.2, -0.15) is 0 Å². The third-order valence-electron chi connectivity index (χ3n) is 2.63. The molecule has 0 bridgehead atoms. The van der Waals surface area contributed by atoms with E-state index in [9.17, 15) is 4.79 Å². The molecule has 1 aromatic carbocycles. The molecule has 3 rings (SSSR count). The summed E-state index contributed by atoms with van der Waals surface area (Å²) in [6.07, 6.45) is 8.88. The summed E-state index contributed by atoms with van der Waals surface area (Å²) in [6.45, 7) is 0. The Morgan fingerprint density at radius 3 is 2.64 bits per heavy atom. The molecule has 0 aromatic heterocycles. The van der Waals surface area contributed by atoms with Gasteiger partial charge in [0.1, 0.15) is 5.70 Å². The fourth-order valence-corrected chi connectivity index (χ4v) is 1.68. The number of primary amides is 1. The normalized spacial score (nSPS) is 14.8. The van der Waals surface area contributed by atoms with Crippen molar-refractivity contribution in [1.82, 2.24) is 5.32 Å². The van der Waals surface area contributed by atoms with Crippen molar-refractivity contribution in [2.75, 3.05) is 5.32 Å². The zero-order valence-corrected chi connectivity index (χ0v) is 11.7. The number of hydrogen-bond acceptors (Lipinski definition) is 5. The van der Waals surface area contributed by atoms with Crippen LogP contribution in [-0.2, 0) is 0 Å². The van der Waals surface area contributed by atoms with E-state index in [1.165, 1.54) is 0 Å². The second-order valence-electron chi connectivity index (χ2n) is 4.24. The first-order valence-corrected chi connectivity index (χ1v) is 6.48. The maximum atomic E-state index is 10.3. The highest BCUT2D eigenvalue weighted by atomic mass is 16.2. The summed E-state index contributed by atoms with van der Waals surface area (Å²) in [6, 6.07) is 8.52. The number of nitrogens with two attached hydrogens (primary N) is 2. The van der Waals surface area contributed by atoms with Crippen molar-refractivity contribution in [3.05, 3.63) is 65.8 Å². The summed E-state index contributed by atoms with van der Waals surface area (Å²) in [5, 5.41) is 5.40. The number of carbonyl (C=O) groups excluding carboxylic acids is 1. The van der Waals surface area contributed by atoms with Gasteiger partial charge in [0.2, 0.25) is 0 Å². The third kappa shape index (κ3) is 4.34. The van der Waals surface area contributed by atoms with Crippen LogP contribution in [0.5, 0.6) is 0 Å². The minimum Gasteiger partial charge on any atom is -0.382 e. The summed E-state index contributed by atoms with van der Waals surface area (Å²) in [4.78, 5) is 18.3. The largest absolute Gasteiger partial charge is 0.382 e. The van der Waals surface area contributed by atoms with E-state index in [1.807, 2.05) is 36.4 Å². The average Bonchev–Trinajstić information content (AvgIpc) is 2.75. The minimum atomic E-state index is -0.536. The molecule has 0 unspecified atom stereocenters. The first kappa shape index (κ1) is 15.0. The smallest absolute Gasteiger partial charge is 0.316 e. The lowest BCUT2D eigenvalue weighted by atomic mass is 10.3. The number of anilines is 1. The molecule has 2 aliphatic heterocycles. The summed E-state index contributed by atoms with van der Waals surface area (Å²) >= 11 is 0. The number of nitrogens with one attached hydrogen (secondary N) is 2. The van der Waals surface area contributed by atoms with Gasteiger partial charge in [-0.15, -0.1) is 0 Å². The molecule has 6 N–H and O–H groups in total. The Bertz CT molecular complexity index is 685. The topological polar surface area (TPSA) is 118 Å². The zero-order chi connectivity index (χ0) is 15.8. The molecule has 1 aromatic rings. The van der Waals surface area contributed by atoms with Crippen LogP contribution < -0.4 is 22.1 Å². The van der Waals surface area contributed by atoms with Gasteiger partial charge in [0.25, 0.3) is 0 Å². The third-order valence-corrected chi connectivity index (χ3v) is 2.63. The van der Waals surface area contributed by atoms with Crippen LogP contribution >= 0.6 is 0 Å². The van der Waals surface area contributed by atoms with E-state index in [0.29, 0.717) is 11.5 Å². The Kier molecular flexibility index (Phi) is 5.09. The molecule has 0 saturated heterocycles. The quantitative estimate of drug-likeness (QED) is 0.628. The average molecular weight is 296 g/mol. The van der Waals surface area contributed by atoms with Crippen LogP contribution in [0.25, 0.3) is 0 Å². The van der Waals surface area contributed by atoms with Crippen LogP contribution in [0, 0.1) is 0 Å². The molecular formula is C15H16N6O. The predicted octanol–water partition coefficient (Wildman–Crippen LogP) is 1.45. The fourth-order valence-electron chi connectivity index (χ4n) is 1.68. The lowest BCUT2D eigenvalue weighted by Gasteiger charge is -2.11. The number of amides is 2. The number of allylic oxidation sites excluding steroid dienone is 3. The van der Waals surface area contributed by atoms with Crippen molar-refractivity contribution in [2.24, 2.45) is 21.5 Å². The number of aliphatic imine (C=N–C) groups is 2. The molecule has 2 amide bonds. The van der Waals surface area contributed by atoms with E-state index >= 15 is 0 Å². The Labute approximate surface area is 127 Å². The summed E-state index contributed by atoms with van der Waals surface area (Å²) in [7, 11) is 0. The summed E-state index contributed by atoms with van der Waals surface area (Å²) in [5.74, 6) is 0.444. The van der Waals surface area contributed by atoms with Gasteiger partial charge in [-0.3, -0.25) is 4.99 Å². The van der Waals surface area contributed by atoms with Crippen LogP contribution in [-0.4, -0.2) is 18.6 Å². The van der Waals surface area contributed by atoms with Crippen molar-refractivity contribution in [3.63, 3.8) is 0 Å². The molecule has 2 heterocycles. The van der Waals surface area contributed by atoms with E-state index < -0.39 is 6.03 Å². The maximum Gasteiger partial charge on any atom is 0.316 e. The number of benzene rings is 1. The Balaban J connectivity index is 0.000000164. The standard InChI is InChI=1S/C8H8N4.C7H8N2O/c9-8-7-6(11-5-12-8)3-1-2-4-10-7;8-7(10)9-6-4-2-1-3-5-6/h1-5H,9H2,(H,11,12);1-5H,(H3,8,9,10). The van der Waals surface area contributed by atoms with Crippen molar-refractivity contribution < 1.29 is 4.79 Å². The van der Waals surface area contributed by atoms with E-state index in [2.05, 4.69) is 20.6 Å². The van der Waals surface area contributed by atoms with Crippen LogP contribution in [0.2, 0.25) is 0 Å². The van der Waals surface area contributed by atoms with Crippen molar-refractivity contribution >= 4 is 24.3 Å². The van der Waals surface area contributed by atoms with E-state index in [0.717, 1.165) is 11.4 Å². The van der Waals surface area contributed by atoms with Gasteiger partial charge in [-0.1, -0.05) is 24.3 Å². The van der Waals surface area contributed by atoms with E-state index in [1.54, 1.807) is 24.7 Å². The van der Waals surface area contributed by atoms with Gasteiger partial charge in [0.15, 0.2) is 5.82 Å². The van der Waals surface area contributed by atoms with Crippen LogP contribution in [0.15, 0.2) is 75.8 Å². The van der Waals surface area contributed by atoms with E-state index in [4.69, 9.17) is 11.5 Å². The molecule has 0 spiro atoms. The molecule has 22 heavy (non-hydrogen) atoms. The molecule has 0 saturated carbocycles. The molecule has 7 heteroatoms. The number of fused-ring (bicyclic) bond motifs is 1. The Hall–Kier alpha value is -3.35. The van der Waals surface area contributed by atoms with Gasteiger partial charge >= 0.3 is 6.03 Å². The molecule has 0 radical (unpaired) electrons. The molecule has 0 fully saturated rings. The Morgan fingerprint density at radius 2 is 1.91 bits per heavy atom. The highest BCUT2D eigenvalue weighted by Crippen LogP contribution is 2.15. The first-order chi connectivity index (χ1) is 10.7. The molecule has 0 atom stereocenters. The van der Waals surface area contributed by atoms with Gasteiger partial charge in [0, 0.05) is 11.9 Å². The lowest BCUT2D eigenvalue weighted by molar-refractivity contribution is 0.259. The number of nitrogens with zero attached hydrogens (tertiary/aromatic N) is 2. The summed E-state index contributed by atoms with van der Waals surface area (Å²) < 4.78 is 0. The highest BCUT2D eigenvalue weighted by Gasteiger charge is 2.10. The van der Waals surface area contributed by atoms with Gasteiger partial charge in [0.05, 0.1) is 12.0 Å². The molecule has 7 nitrogen and oxygen atoms in total. The van der Waals surface area contributed by atoms with Crippen molar-refractivity contribution in [3.8, 4) is 0 Å². The van der Waals surface area contributed by atoms with Crippen molar-refractivity contribution in [2.45, 2.75) is 0 Å². The SMILES string of the molecule is NC(=O)Nc1ccccc1.NC1=C2N=CC=CC=C2NC=N1. The first-order valence-electron chi connectivity index (χ1n) is 6.48. The van der Waals surface area contributed by atoms with E-state index in [-0.39, 0.29) is 0 Å². The van der Waals surface area contributed by atoms with Gasteiger partial charge < -0.3 is 22.1 Å². The number of urea groups is 1. The lowest BCUT2D eigenvalue weighted by Crippen LogP contribution is -2.19. The Morgan fingerprint density at radius 1 is 1.14 bits per heavy atom. The molecule has 0 aliphatic carbocycles. The second-order valence-corrected chi connectivity index (χ2v) is 4.24. The van der Waals surface area contributed by atoms with Crippen LogP contribution in [0.3, 0.4) is 0 Å². The number of carbonyl (C=O) groups is 1. The predicted molar refractivity (Wildman–Crippen MR) is 88.2 cm³/mol. The van der Waals surface area contributed by atoms with Crippen molar-refractivity contribution in [1.29, 1.82) is 0 Å². The minimum absolute atomic E-state index is 0.444. The van der Waals surface area contributed by atoms with Gasteiger partial charge in [-0.25, -0.2) is 9.79 Å². The number of para-hydroxylation sites is 1.